The van der Waals surface area contributed by atoms with Gasteiger partial charge < -0.3 is 5.32 Å². The summed E-state index contributed by atoms with van der Waals surface area (Å²) >= 11 is 3.20. The number of aromatic nitrogens is 1. The number of pyridine rings is 1. The second kappa shape index (κ2) is 7.97. The zero-order valence-electron chi connectivity index (χ0n) is 15.6. The third-order valence-corrected chi connectivity index (χ3v) is 5.61. The number of hydrogen-bond donors (Lipinski definition) is 1. The lowest BCUT2D eigenvalue weighted by Gasteiger charge is -2.15. The van der Waals surface area contributed by atoms with Gasteiger partial charge in [0.05, 0.1) is 11.1 Å². The normalized spacial score (nSPS) is 14.5. The minimum atomic E-state index is -0.560. The molecule has 1 saturated heterocycles. The van der Waals surface area contributed by atoms with Crippen LogP contribution in [-0.4, -0.2) is 28.9 Å². The van der Waals surface area contributed by atoms with E-state index in [1.807, 2.05) is 25.3 Å². The molecule has 0 unspecified atom stereocenters. The first-order valence-corrected chi connectivity index (χ1v) is 10.2. The highest BCUT2D eigenvalue weighted by molar-refractivity contribution is 9.10. The van der Waals surface area contributed by atoms with E-state index >= 15 is 0 Å². The molecule has 0 bridgehead atoms. The summed E-state index contributed by atoms with van der Waals surface area (Å²) in [6, 6.07) is 10.4. The fraction of sp³-hybridized carbons (Fsp3) is 0.273. The molecule has 6 heteroatoms. The Kier molecular flexibility index (Phi) is 5.42. The fourth-order valence-electron chi connectivity index (χ4n) is 3.62. The van der Waals surface area contributed by atoms with Crippen molar-refractivity contribution < 1.29 is 9.18 Å². The predicted octanol–water partition coefficient (Wildman–Crippen LogP) is 5.29. The van der Waals surface area contributed by atoms with E-state index in [0.29, 0.717) is 10.2 Å². The van der Waals surface area contributed by atoms with Gasteiger partial charge in [-0.1, -0.05) is 15.9 Å². The van der Waals surface area contributed by atoms with Gasteiger partial charge in [0.25, 0.3) is 5.91 Å². The van der Waals surface area contributed by atoms with Crippen LogP contribution in [0.4, 0.5) is 10.1 Å². The van der Waals surface area contributed by atoms with Gasteiger partial charge in [-0.25, -0.2) is 4.39 Å². The van der Waals surface area contributed by atoms with Crippen LogP contribution in [0.15, 0.2) is 47.1 Å². The molecule has 1 amide bonds. The molecular formula is C22H21BrFN3O. The lowest BCUT2D eigenvalue weighted by atomic mass is 10.1. The molecule has 28 heavy (non-hydrogen) atoms. The summed E-state index contributed by atoms with van der Waals surface area (Å²) in [7, 11) is 0. The van der Waals surface area contributed by atoms with Crippen LogP contribution >= 0.6 is 15.9 Å². The number of carbonyl (C=O) groups is 1. The van der Waals surface area contributed by atoms with Gasteiger partial charge in [0.2, 0.25) is 0 Å². The van der Waals surface area contributed by atoms with Gasteiger partial charge in [-0.15, -0.1) is 0 Å². The lowest BCUT2D eigenvalue weighted by Crippen LogP contribution is -2.18. The van der Waals surface area contributed by atoms with Crippen molar-refractivity contribution in [1.29, 1.82) is 0 Å². The lowest BCUT2D eigenvalue weighted by molar-refractivity contribution is 0.102. The second-order valence-corrected chi connectivity index (χ2v) is 8.18. The number of anilines is 1. The minimum absolute atomic E-state index is 0.0108. The average molecular weight is 442 g/mol. The zero-order valence-corrected chi connectivity index (χ0v) is 17.2. The highest BCUT2D eigenvalue weighted by atomic mass is 79.9. The van der Waals surface area contributed by atoms with E-state index in [1.165, 1.54) is 30.5 Å². The minimum Gasteiger partial charge on any atom is -0.322 e. The average Bonchev–Trinajstić information content (AvgIpc) is 3.15. The Morgan fingerprint density at radius 3 is 2.75 bits per heavy atom. The van der Waals surface area contributed by atoms with Crippen molar-refractivity contribution in [2.24, 2.45) is 0 Å². The number of nitrogens with zero attached hydrogens (tertiary/aromatic N) is 2. The number of carbonyl (C=O) groups excluding carboxylic acids is 1. The second-order valence-electron chi connectivity index (χ2n) is 7.26. The van der Waals surface area contributed by atoms with Crippen molar-refractivity contribution in [1.82, 2.24) is 9.88 Å². The summed E-state index contributed by atoms with van der Waals surface area (Å²) in [6.07, 6.45) is 4.43. The number of amides is 1. The standard InChI is InChI=1S/C22H21BrFN3O/c1-14-8-16-9-15(13-27-6-2-3-7-27)12-25-21(16)11-20(14)26-22(28)18-5-4-17(23)10-19(18)24/h4-5,8-12H,2-3,6-7,13H2,1H3,(H,26,28). The first-order valence-electron chi connectivity index (χ1n) is 9.37. The number of aryl methyl sites for hydroxylation is 1. The van der Waals surface area contributed by atoms with Crippen LogP contribution in [0.25, 0.3) is 10.9 Å². The molecule has 0 saturated carbocycles. The largest absolute Gasteiger partial charge is 0.322 e. The van der Waals surface area contributed by atoms with E-state index in [4.69, 9.17) is 0 Å². The first kappa shape index (κ1) is 19.0. The molecule has 1 fully saturated rings. The van der Waals surface area contributed by atoms with Crippen molar-refractivity contribution in [2.75, 3.05) is 18.4 Å². The Labute approximate surface area is 171 Å². The summed E-state index contributed by atoms with van der Waals surface area (Å²) in [5.74, 6) is -1.03. The van der Waals surface area contributed by atoms with Crippen molar-refractivity contribution >= 4 is 38.4 Å². The summed E-state index contributed by atoms with van der Waals surface area (Å²) < 4.78 is 14.7. The molecule has 1 aromatic heterocycles. The molecule has 0 atom stereocenters. The predicted molar refractivity (Wildman–Crippen MR) is 113 cm³/mol. The first-order chi connectivity index (χ1) is 13.5. The number of rotatable bonds is 4. The van der Waals surface area contributed by atoms with Gasteiger partial charge in [-0.2, -0.15) is 0 Å². The molecule has 1 aliphatic heterocycles. The number of nitrogens with one attached hydrogen (secondary N) is 1. The van der Waals surface area contributed by atoms with Gasteiger partial charge >= 0.3 is 0 Å². The molecule has 0 radical (unpaired) electrons. The maximum absolute atomic E-state index is 14.1. The van der Waals surface area contributed by atoms with Gasteiger partial charge in [-0.3, -0.25) is 14.7 Å². The number of likely N-dealkylation sites (tertiary alicyclic amines) is 1. The number of halogens is 2. The Balaban J connectivity index is 1.57. The Morgan fingerprint density at radius 1 is 1.21 bits per heavy atom. The molecule has 4 nitrogen and oxygen atoms in total. The Morgan fingerprint density at radius 2 is 2.00 bits per heavy atom. The molecule has 3 aromatic rings. The van der Waals surface area contributed by atoms with Gasteiger partial charge in [-0.05, 0) is 80.4 Å². The third-order valence-electron chi connectivity index (χ3n) is 5.11. The van der Waals surface area contributed by atoms with Crippen LogP contribution in [-0.2, 0) is 6.54 Å². The van der Waals surface area contributed by atoms with E-state index in [-0.39, 0.29) is 5.56 Å². The third kappa shape index (κ3) is 4.08. The highest BCUT2D eigenvalue weighted by Gasteiger charge is 2.15. The highest BCUT2D eigenvalue weighted by Crippen LogP contribution is 2.25. The van der Waals surface area contributed by atoms with E-state index in [0.717, 1.165) is 36.1 Å². The van der Waals surface area contributed by atoms with Crippen LogP contribution < -0.4 is 5.32 Å². The Hall–Kier alpha value is -2.31. The summed E-state index contributed by atoms with van der Waals surface area (Å²) in [5.41, 5.74) is 3.57. The van der Waals surface area contributed by atoms with Crippen molar-refractivity contribution in [2.45, 2.75) is 26.3 Å². The van der Waals surface area contributed by atoms with Gasteiger partial charge in [0.15, 0.2) is 0 Å². The maximum Gasteiger partial charge on any atom is 0.258 e. The zero-order chi connectivity index (χ0) is 19.7. The van der Waals surface area contributed by atoms with Crippen LogP contribution in [0, 0.1) is 12.7 Å². The topological polar surface area (TPSA) is 45.2 Å². The quantitative estimate of drug-likeness (QED) is 0.597. The van der Waals surface area contributed by atoms with Crippen molar-refractivity contribution in [3.05, 3.63) is 69.6 Å². The fourth-order valence-corrected chi connectivity index (χ4v) is 3.95. The number of fused-ring (bicyclic) bond motifs is 1. The summed E-state index contributed by atoms with van der Waals surface area (Å²) in [6.45, 7) is 5.15. The van der Waals surface area contributed by atoms with Gasteiger partial charge in [0, 0.05) is 28.3 Å². The van der Waals surface area contributed by atoms with Crippen LogP contribution in [0.5, 0.6) is 0 Å². The molecule has 144 valence electrons. The molecule has 0 aliphatic carbocycles. The Bertz CT molecular complexity index is 1050. The molecule has 0 spiro atoms. The van der Waals surface area contributed by atoms with E-state index in [1.54, 1.807) is 6.07 Å². The number of hydrogen-bond acceptors (Lipinski definition) is 3. The summed E-state index contributed by atoms with van der Waals surface area (Å²) in [4.78, 5) is 19.5. The molecule has 1 aliphatic rings. The van der Waals surface area contributed by atoms with Crippen molar-refractivity contribution in [3.63, 3.8) is 0 Å². The van der Waals surface area contributed by atoms with Gasteiger partial charge in [0.1, 0.15) is 5.82 Å². The molecular weight excluding hydrogens is 421 g/mol. The maximum atomic E-state index is 14.1. The SMILES string of the molecule is Cc1cc2cc(CN3CCCC3)cnc2cc1NC(=O)c1ccc(Br)cc1F. The van der Waals surface area contributed by atoms with E-state index < -0.39 is 11.7 Å². The molecule has 2 aromatic carbocycles. The molecule has 1 N–H and O–H groups in total. The van der Waals surface area contributed by atoms with E-state index in [2.05, 4.69) is 37.2 Å². The summed E-state index contributed by atoms with van der Waals surface area (Å²) in [5, 5.41) is 3.85. The van der Waals surface area contributed by atoms with Crippen LogP contribution in [0.1, 0.15) is 34.3 Å². The monoisotopic (exact) mass is 441 g/mol. The van der Waals surface area contributed by atoms with Crippen molar-refractivity contribution in [3.8, 4) is 0 Å². The molecule has 2 heterocycles. The van der Waals surface area contributed by atoms with E-state index in [9.17, 15) is 9.18 Å². The smallest absolute Gasteiger partial charge is 0.258 e. The number of benzene rings is 2. The molecule has 4 rings (SSSR count). The van der Waals surface area contributed by atoms with Crippen LogP contribution in [0.3, 0.4) is 0 Å². The van der Waals surface area contributed by atoms with Crippen LogP contribution in [0.2, 0.25) is 0 Å².